The lowest BCUT2D eigenvalue weighted by Gasteiger charge is -2.30. The molecule has 0 bridgehead atoms. The van der Waals surface area contributed by atoms with Crippen LogP contribution in [0.15, 0.2) is 88.7 Å². The van der Waals surface area contributed by atoms with Gasteiger partial charge < -0.3 is 5.32 Å². The fourth-order valence-corrected chi connectivity index (χ4v) is 6.90. The lowest BCUT2D eigenvalue weighted by Crippen LogP contribution is -2.37. The van der Waals surface area contributed by atoms with Crippen molar-refractivity contribution >= 4 is 50.6 Å². The molecule has 194 valence electrons. The normalized spacial score (nSPS) is 16.6. The van der Waals surface area contributed by atoms with Crippen molar-refractivity contribution in [3.8, 4) is 0 Å². The average Bonchev–Trinajstić information content (AvgIpc) is 3.20. The SMILES string of the molecule is O=C(NCCN1C(=O)SC(=Cc2ccccc2)C1=O)c1cccc(S(=O)(=O)N2CCCc3ccccc32)c1. The number of amides is 3. The number of anilines is 1. The molecule has 0 atom stereocenters. The second kappa shape index (κ2) is 10.8. The van der Waals surface area contributed by atoms with Crippen molar-refractivity contribution in [2.45, 2.75) is 17.7 Å². The minimum absolute atomic E-state index is 0.00505. The topological polar surface area (TPSA) is 104 Å². The van der Waals surface area contributed by atoms with Gasteiger partial charge in [-0.15, -0.1) is 0 Å². The first-order valence-electron chi connectivity index (χ1n) is 12.1. The number of rotatable bonds is 7. The Bertz CT molecular complexity index is 1540. The number of thioether (sulfide) groups is 1. The van der Waals surface area contributed by atoms with E-state index >= 15 is 0 Å². The lowest BCUT2D eigenvalue weighted by atomic mass is 10.0. The van der Waals surface area contributed by atoms with E-state index in [-0.39, 0.29) is 23.5 Å². The molecule has 3 aromatic carbocycles. The maximum atomic E-state index is 13.5. The standard InChI is InChI=1S/C28H25N3O5S2/c32-26(29-15-17-30-27(33)25(37-28(30)34)18-20-8-2-1-3-9-20)22-11-6-13-23(19-22)38(35,36)31-16-7-12-21-10-4-5-14-24(21)31/h1-6,8-11,13-14,18-19H,7,12,15-17H2,(H,29,32). The highest BCUT2D eigenvalue weighted by Crippen LogP contribution is 2.33. The zero-order valence-electron chi connectivity index (χ0n) is 20.4. The second-order valence-electron chi connectivity index (χ2n) is 8.84. The Balaban J connectivity index is 1.24. The molecule has 0 saturated carbocycles. The number of carbonyl (C=O) groups is 3. The molecule has 8 nitrogen and oxygen atoms in total. The van der Waals surface area contributed by atoms with Crippen LogP contribution in [0.1, 0.15) is 27.9 Å². The van der Waals surface area contributed by atoms with Gasteiger partial charge in [0.2, 0.25) is 0 Å². The largest absolute Gasteiger partial charge is 0.350 e. The molecule has 3 amide bonds. The van der Waals surface area contributed by atoms with Crippen molar-refractivity contribution in [1.29, 1.82) is 0 Å². The molecule has 0 aromatic heterocycles. The van der Waals surface area contributed by atoms with Gasteiger partial charge in [-0.25, -0.2) is 8.42 Å². The van der Waals surface area contributed by atoms with Gasteiger partial charge in [0.05, 0.1) is 15.5 Å². The summed E-state index contributed by atoms with van der Waals surface area (Å²) in [5.74, 6) is -0.902. The highest BCUT2D eigenvalue weighted by molar-refractivity contribution is 8.18. The summed E-state index contributed by atoms with van der Waals surface area (Å²) in [7, 11) is -3.86. The van der Waals surface area contributed by atoms with Gasteiger partial charge in [0, 0.05) is 25.2 Å². The molecule has 1 saturated heterocycles. The van der Waals surface area contributed by atoms with Gasteiger partial charge in [-0.05, 0) is 66.1 Å². The predicted molar refractivity (Wildman–Crippen MR) is 147 cm³/mol. The Labute approximate surface area is 225 Å². The molecule has 0 spiro atoms. The maximum absolute atomic E-state index is 13.5. The van der Waals surface area contributed by atoms with E-state index in [2.05, 4.69) is 5.32 Å². The summed E-state index contributed by atoms with van der Waals surface area (Å²) in [6.07, 6.45) is 3.19. The predicted octanol–water partition coefficient (Wildman–Crippen LogP) is 4.29. The smallest absolute Gasteiger partial charge is 0.293 e. The Morgan fingerprint density at radius 2 is 1.74 bits per heavy atom. The number of benzene rings is 3. The zero-order valence-corrected chi connectivity index (χ0v) is 22.0. The quantitative estimate of drug-likeness (QED) is 0.443. The minimum atomic E-state index is -3.86. The molecule has 0 radical (unpaired) electrons. The third-order valence-electron chi connectivity index (χ3n) is 6.34. The van der Waals surface area contributed by atoms with Crippen LogP contribution in [-0.2, 0) is 21.2 Å². The minimum Gasteiger partial charge on any atom is -0.350 e. The monoisotopic (exact) mass is 547 g/mol. The van der Waals surface area contributed by atoms with Crippen molar-refractivity contribution in [2.24, 2.45) is 0 Å². The molecule has 5 rings (SSSR count). The Morgan fingerprint density at radius 1 is 0.974 bits per heavy atom. The fraction of sp³-hybridized carbons (Fsp3) is 0.179. The summed E-state index contributed by atoms with van der Waals surface area (Å²) in [5.41, 5.74) is 2.62. The molecule has 2 heterocycles. The molecule has 2 aliphatic rings. The molecule has 3 aromatic rings. The number of imide groups is 1. The van der Waals surface area contributed by atoms with E-state index in [0.29, 0.717) is 23.6 Å². The Hall–Kier alpha value is -3.89. The number of aryl methyl sites for hydroxylation is 1. The summed E-state index contributed by atoms with van der Waals surface area (Å²) in [6, 6.07) is 22.5. The maximum Gasteiger partial charge on any atom is 0.293 e. The third kappa shape index (κ3) is 5.23. The highest BCUT2D eigenvalue weighted by atomic mass is 32.2. The molecule has 1 N–H and O–H groups in total. The summed E-state index contributed by atoms with van der Waals surface area (Å²) < 4.78 is 28.3. The van der Waals surface area contributed by atoms with Crippen LogP contribution in [0.3, 0.4) is 0 Å². The molecule has 2 aliphatic heterocycles. The van der Waals surface area contributed by atoms with Crippen molar-refractivity contribution < 1.29 is 22.8 Å². The number of nitrogens with zero attached hydrogens (tertiary/aromatic N) is 2. The van der Waals surface area contributed by atoms with Gasteiger partial charge in [0.1, 0.15) is 0 Å². The van der Waals surface area contributed by atoms with Crippen LogP contribution in [0.5, 0.6) is 0 Å². The molecule has 1 fully saturated rings. The van der Waals surface area contributed by atoms with E-state index in [9.17, 15) is 22.8 Å². The van der Waals surface area contributed by atoms with E-state index in [4.69, 9.17) is 0 Å². The van der Waals surface area contributed by atoms with Gasteiger partial charge in [-0.2, -0.15) is 0 Å². The Morgan fingerprint density at radius 3 is 2.55 bits per heavy atom. The number of hydrogen-bond donors (Lipinski definition) is 1. The van der Waals surface area contributed by atoms with Crippen LogP contribution >= 0.6 is 11.8 Å². The first-order valence-corrected chi connectivity index (χ1v) is 14.4. The summed E-state index contributed by atoms with van der Waals surface area (Å²) in [6.45, 7) is 0.406. The number of nitrogens with one attached hydrogen (secondary N) is 1. The van der Waals surface area contributed by atoms with E-state index in [1.54, 1.807) is 12.1 Å². The van der Waals surface area contributed by atoms with E-state index in [1.807, 2.05) is 48.5 Å². The van der Waals surface area contributed by atoms with E-state index < -0.39 is 27.1 Å². The highest BCUT2D eigenvalue weighted by Gasteiger charge is 2.35. The van der Waals surface area contributed by atoms with Crippen LogP contribution in [-0.4, -0.2) is 50.0 Å². The second-order valence-corrected chi connectivity index (χ2v) is 11.7. The molecule has 0 aliphatic carbocycles. The van der Waals surface area contributed by atoms with Gasteiger partial charge in [0.15, 0.2) is 0 Å². The average molecular weight is 548 g/mol. The van der Waals surface area contributed by atoms with Gasteiger partial charge in [-0.1, -0.05) is 54.6 Å². The summed E-state index contributed by atoms with van der Waals surface area (Å²) >= 11 is 0.860. The number of fused-ring (bicyclic) bond motifs is 1. The van der Waals surface area contributed by atoms with Crippen LogP contribution in [0.2, 0.25) is 0 Å². The van der Waals surface area contributed by atoms with E-state index in [0.717, 1.165) is 34.2 Å². The number of hydrogen-bond acceptors (Lipinski definition) is 6. The molecule has 38 heavy (non-hydrogen) atoms. The van der Waals surface area contributed by atoms with Gasteiger partial charge >= 0.3 is 0 Å². The third-order valence-corrected chi connectivity index (χ3v) is 9.06. The van der Waals surface area contributed by atoms with Crippen LogP contribution in [0.4, 0.5) is 10.5 Å². The van der Waals surface area contributed by atoms with Crippen molar-refractivity contribution in [3.63, 3.8) is 0 Å². The van der Waals surface area contributed by atoms with Crippen LogP contribution in [0, 0.1) is 0 Å². The zero-order chi connectivity index (χ0) is 26.7. The number of para-hydroxylation sites is 1. The summed E-state index contributed by atoms with van der Waals surface area (Å²) in [4.78, 5) is 39.3. The lowest BCUT2D eigenvalue weighted by molar-refractivity contribution is -0.122. The van der Waals surface area contributed by atoms with Crippen LogP contribution in [0.25, 0.3) is 6.08 Å². The van der Waals surface area contributed by atoms with Crippen molar-refractivity contribution in [2.75, 3.05) is 23.9 Å². The molecule has 0 unspecified atom stereocenters. The van der Waals surface area contributed by atoms with Crippen molar-refractivity contribution in [1.82, 2.24) is 10.2 Å². The van der Waals surface area contributed by atoms with Gasteiger partial charge in [0.25, 0.3) is 27.1 Å². The van der Waals surface area contributed by atoms with Crippen LogP contribution < -0.4 is 9.62 Å². The number of carbonyl (C=O) groups excluding carboxylic acids is 3. The Kier molecular flexibility index (Phi) is 7.35. The first-order chi connectivity index (χ1) is 18.3. The summed E-state index contributed by atoms with van der Waals surface area (Å²) in [5, 5.41) is 2.28. The first kappa shape index (κ1) is 25.7. The molecule has 10 heteroatoms. The van der Waals surface area contributed by atoms with Crippen molar-refractivity contribution in [3.05, 3.63) is 100 Å². The van der Waals surface area contributed by atoms with Gasteiger partial charge in [-0.3, -0.25) is 23.6 Å². The molecular weight excluding hydrogens is 522 g/mol. The fourth-order valence-electron chi connectivity index (χ4n) is 4.45. The van der Waals surface area contributed by atoms with E-state index in [1.165, 1.54) is 28.6 Å². The number of sulfonamides is 1. The molecular formula is C28H25N3O5S2.